The molecule has 24 heavy (non-hydrogen) atoms. The fourth-order valence-electron chi connectivity index (χ4n) is 2.82. The van der Waals surface area contributed by atoms with Gasteiger partial charge in [-0.25, -0.2) is 0 Å². The lowest BCUT2D eigenvalue weighted by Gasteiger charge is -2.10. The summed E-state index contributed by atoms with van der Waals surface area (Å²) < 4.78 is 22.1. The highest BCUT2D eigenvalue weighted by Gasteiger charge is 2.30. The highest BCUT2D eigenvalue weighted by Crippen LogP contribution is 2.44. The van der Waals surface area contributed by atoms with Crippen LogP contribution in [0.5, 0.6) is 23.0 Å². The van der Waals surface area contributed by atoms with Gasteiger partial charge >= 0.3 is 0 Å². The minimum atomic E-state index is -0.180. The van der Waals surface area contributed by atoms with Gasteiger partial charge < -0.3 is 18.9 Å². The first-order valence-electron chi connectivity index (χ1n) is 7.24. The van der Waals surface area contributed by atoms with Gasteiger partial charge in [0.25, 0.3) is 0 Å². The minimum Gasteiger partial charge on any atom is -0.453 e. The lowest BCUT2D eigenvalue weighted by molar-refractivity contribution is 0.102. The topological polar surface area (TPSA) is 54.0 Å². The molecular weight excluding hydrogens is 444 g/mol. The molecule has 0 radical (unpaired) electrons. The fourth-order valence-corrected chi connectivity index (χ4v) is 3.70. The first kappa shape index (κ1) is 15.8. The molecule has 2 heterocycles. The standard InChI is InChI=1S/C17H12Br2O5/c18-5-9-1-3-11(16-14(9)21-7-23-16)13(20)12-4-2-10(6-19)15-17(12)24-8-22-15/h1-4H,5-8H2. The van der Waals surface area contributed by atoms with E-state index in [4.69, 9.17) is 18.9 Å². The maximum absolute atomic E-state index is 13.1. The summed E-state index contributed by atoms with van der Waals surface area (Å²) in [6.07, 6.45) is 0. The normalized spacial score (nSPS) is 14.1. The van der Waals surface area contributed by atoms with Crippen LogP contribution in [-0.4, -0.2) is 19.4 Å². The molecule has 0 saturated heterocycles. The molecule has 0 atom stereocenters. The Morgan fingerprint density at radius 3 is 1.58 bits per heavy atom. The molecule has 2 aromatic rings. The molecule has 0 fully saturated rings. The van der Waals surface area contributed by atoms with Crippen molar-refractivity contribution in [2.75, 3.05) is 13.6 Å². The number of halogens is 2. The summed E-state index contributed by atoms with van der Waals surface area (Å²) in [4.78, 5) is 13.1. The highest BCUT2D eigenvalue weighted by molar-refractivity contribution is 9.08. The Hall–Kier alpha value is -1.73. The van der Waals surface area contributed by atoms with E-state index in [1.165, 1.54) is 0 Å². The van der Waals surface area contributed by atoms with Gasteiger partial charge in [0.05, 0.1) is 11.1 Å². The molecule has 0 spiro atoms. The van der Waals surface area contributed by atoms with Gasteiger partial charge in [-0.3, -0.25) is 4.79 Å². The zero-order valence-corrected chi connectivity index (χ0v) is 15.6. The Kier molecular flexibility index (Phi) is 4.14. The molecule has 4 rings (SSSR count). The van der Waals surface area contributed by atoms with E-state index in [9.17, 15) is 4.79 Å². The van der Waals surface area contributed by atoms with E-state index in [0.717, 1.165) is 11.1 Å². The second kappa shape index (κ2) is 6.29. The SMILES string of the molecule is O=C(c1ccc(CBr)c2c1OCO2)c1ccc(CBr)c2c1OCO2. The number of carbonyl (C=O) groups excluding carboxylic acids is 1. The van der Waals surface area contributed by atoms with Crippen molar-refractivity contribution in [3.63, 3.8) is 0 Å². The number of hydrogen-bond donors (Lipinski definition) is 0. The number of benzene rings is 2. The van der Waals surface area contributed by atoms with Gasteiger partial charge in [-0.2, -0.15) is 0 Å². The van der Waals surface area contributed by atoms with E-state index in [1.54, 1.807) is 12.1 Å². The summed E-state index contributed by atoms with van der Waals surface area (Å²) in [6, 6.07) is 7.24. The molecule has 124 valence electrons. The summed E-state index contributed by atoms with van der Waals surface area (Å²) in [5.74, 6) is 2.01. The maximum Gasteiger partial charge on any atom is 0.231 e. The van der Waals surface area contributed by atoms with Crippen LogP contribution in [0.3, 0.4) is 0 Å². The van der Waals surface area contributed by atoms with Crippen molar-refractivity contribution in [3.05, 3.63) is 46.5 Å². The molecule has 0 unspecified atom stereocenters. The zero-order chi connectivity index (χ0) is 16.7. The summed E-state index contributed by atoms with van der Waals surface area (Å²) in [7, 11) is 0. The Bertz CT molecular complexity index is 767. The van der Waals surface area contributed by atoms with Crippen LogP contribution in [0, 0.1) is 0 Å². The Labute approximate surface area is 155 Å². The molecule has 0 saturated carbocycles. The van der Waals surface area contributed by atoms with E-state index < -0.39 is 0 Å². The van der Waals surface area contributed by atoms with E-state index in [2.05, 4.69) is 31.9 Å². The third-order valence-corrected chi connectivity index (χ3v) is 5.19. The first-order chi connectivity index (χ1) is 11.7. The van der Waals surface area contributed by atoms with Crippen molar-refractivity contribution in [3.8, 4) is 23.0 Å². The van der Waals surface area contributed by atoms with Gasteiger partial charge in [0.15, 0.2) is 23.0 Å². The predicted molar refractivity (Wildman–Crippen MR) is 93.8 cm³/mol. The maximum atomic E-state index is 13.1. The van der Waals surface area contributed by atoms with Crippen molar-refractivity contribution < 1.29 is 23.7 Å². The number of alkyl halides is 2. The quantitative estimate of drug-likeness (QED) is 0.511. The van der Waals surface area contributed by atoms with Crippen LogP contribution in [-0.2, 0) is 10.7 Å². The lowest BCUT2D eigenvalue weighted by Crippen LogP contribution is -2.05. The summed E-state index contributed by atoms with van der Waals surface area (Å²) in [6.45, 7) is 0.222. The molecule has 0 N–H and O–H groups in total. The largest absolute Gasteiger partial charge is 0.453 e. The second-order valence-corrected chi connectivity index (χ2v) is 6.39. The molecule has 2 aromatic carbocycles. The second-order valence-electron chi connectivity index (χ2n) is 5.27. The molecule has 0 aliphatic carbocycles. The van der Waals surface area contributed by atoms with Crippen molar-refractivity contribution in [1.82, 2.24) is 0 Å². The summed E-state index contributed by atoms with van der Waals surface area (Å²) >= 11 is 6.83. The van der Waals surface area contributed by atoms with Gasteiger partial charge in [0.2, 0.25) is 19.4 Å². The van der Waals surface area contributed by atoms with E-state index in [1.807, 2.05) is 12.1 Å². The Morgan fingerprint density at radius 1 is 0.750 bits per heavy atom. The lowest BCUT2D eigenvalue weighted by atomic mass is 9.98. The number of carbonyl (C=O) groups is 1. The average molecular weight is 456 g/mol. The molecule has 0 amide bonds. The number of ether oxygens (including phenoxy) is 4. The van der Waals surface area contributed by atoms with Crippen LogP contribution in [0.1, 0.15) is 27.0 Å². The smallest absolute Gasteiger partial charge is 0.231 e. The van der Waals surface area contributed by atoms with Gasteiger partial charge in [-0.1, -0.05) is 44.0 Å². The summed E-state index contributed by atoms with van der Waals surface area (Å²) in [5.41, 5.74) is 2.80. The van der Waals surface area contributed by atoms with Gasteiger partial charge in [-0.05, 0) is 12.1 Å². The van der Waals surface area contributed by atoms with E-state index >= 15 is 0 Å². The number of rotatable bonds is 4. The Morgan fingerprint density at radius 2 is 1.17 bits per heavy atom. The van der Waals surface area contributed by atoms with Gasteiger partial charge in [0.1, 0.15) is 0 Å². The molecule has 2 aliphatic rings. The molecule has 0 bridgehead atoms. The highest BCUT2D eigenvalue weighted by atomic mass is 79.9. The van der Waals surface area contributed by atoms with Crippen LogP contribution < -0.4 is 18.9 Å². The molecule has 5 nitrogen and oxygen atoms in total. The van der Waals surface area contributed by atoms with Crippen molar-refractivity contribution in [2.24, 2.45) is 0 Å². The summed E-state index contributed by atoms with van der Waals surface area (Å²) in [5, 5.41) is 1.25. The number of ketones is 1. The van der Waals surface area contributed by atoms with Crippen molar-refractivity contribution >= 4 is 37.6 Å². The fraction of sp³-hybridized carbons (Fsp3) is 0.235. The van der Waals surface area contributed by atoms with Crippen LogP contribution >= 0.6 is 31.9 Å². The van der Waals surface area contributed by atoms with Crippen molar-refractivity contribution in [2.45, 2.75) is 10.7 Å². The van der Waals surface area contributed by atoms with Crippen molar-refractivity contribution in [1.29, 1.82) is 0 Å². The molecule has 2 aliphatic heterocycles. The minimum absolute atomic E-state index is 0.111. The monoisotopic (exact) mass is 454 g/mol. The number of hydrogen-bond acceptors (Lipinski definition) is 5. The first-order valence-corrected chi connectivity index (χ1v) is 9.48. The van der Waals surface area contributed by atoms with Crippen LogP contribution in [0.25, 0.3) is 0 Å². The molecule has 7 heteroatoms. The predicted octanol–water partition coefficient (Wildman–Crippen LogP) is 4.16. The third kappa shape index (κ3) is 2.38. The Balaban J connectivity index is 1.82. The van der Waals surface area contributed by atoms with Crippen LogP contribution in [0.15, 0.2) is 24.3 Å². The van der Waals surface area contributed by atoms with Gasteiger partial charge in [0, 0.05) is 21.8 Å². The third-order valence-electron chi connectivity index (χ3n) is 3.98. The van der Waals surface area contributed by atoms with E-state index in [-0.39, 0.29) is 19.4 Å². The molecular formula is C17H12Br2O5. The zero-order valence-electron chi connectivity index (χ0n) is 12.4. The molecule has 0 aromatic heterocycles. The van der Waals surface area contributed by atoms with Crippen LogP contribution in [0.2, 0.25) is 0 Å². The average Bonchev–Trinajstić information content (AvgIpc) is 3.28. The van der Waals surface area contributed by atoms with Crippen LogP contribution in [0.4, 0.5) is 0 Å². The van der Waals surface area contributed by atoms with Gasteiger partial charge in [-0.15, -0.1) is 0 Å². The van der Waals surface area contributed by atoms with E-state index in [0.29, 0.717) is 44.8 Å². The number of fused-ring (bicyclic) bond motifs is 2.